The van der Waals surface area contributed by atoms with Gasteiger partial charge in [0.15, 0.2) is 0 Å². The van der Waals surface area contributed by atoms with E-state index in [1.54, 1.807) is 0 Å². The minimum absolute atomic E-state index is 0.411. The average molecular weight is 401 g/mol. The molecule has 0 fully saturated rings. The van der Waals surface area contributed by atoms with Gasteiger partial charge >= 0.3 is 148 Å². The first-order valence-electron chi connectivity index (χ1n) is 8.04. The van der Waals surface area contributed by atoms with Crippen LogP contribution in [-0.2, 0) is 8.87 Å². The monoisotopic (exact) mass is 402 g/mol. The molecule has 0 saturated carbocycles. The zero-order valence-electron chi connectivity index (χ0n) is 13.0. The zero-order chi connectivity index (χ0) is 15.5. The van der Waals surface area contributed by atoms with Crippen LogP contribution in [0, 0.1) is 0 Å². The van der Waals surface area contributed by atoms with Crippen LogP contribution in [0.2, 0.25) is 0 Å². The Bertz CT molecular complexity index is 877. The summed E-state index contributed by atoms with van der Waals surface area (Å²) in [5.41, 5.74) is 3.02. The van der Waals surface area contributed by atoms with Crippen LogP contribution < -0.4 is 0 Å². The maximum atomic E-state index is 2.37. The van der Waals surface area contributed by atoms with Gasteiger partial charge in [0, 0.05) is 0 Å². The van der Waals surface area contributed by atoms with Crippen molar-refractivity contribution in [1.82, 2.24) is 0 Å². The summed E-state index contributed by atoms with van der Waals surface area (Å²) in [4.78, 5) is 0. The van der Waals surface area contributed by atoms with Gasteiger partial charge in [-0.05, 0) is 0 Å². The van der Waals surface area contributed by atoms with Crippen molar-refractivity contribution in [2.24, 2.45) is 0 Å². The first kappa shape index (κ1) is 14.8. The van der Waals surface area contributed by atoms with Gasteiger partial charge in [0.05, 0.1) is 0 Å². The molecule has 0 saturated heterocycles. The van der Waals surface area contributed by atoms with Crippen molar-refractivity contribution in [3.8, 4) is 0 Å². The topological polar surface area (TPSA) is 0 Å². The number of rotatable bonds is 4. The molecule has 110 valence electrons. The van der Waals surface area contributed by atoms with Crippen molar-refractivity contribution >= 4 is 42.7 Å². The molecule has 0 heterocycles. The van der Waals surface area contributed by atoms with Gasteiger partial charge in [-0.1, -0.05) is 0 Å². The van der Waals surface area contributed by atoms with Crippen LogP contribution in [0.5, 0.6) is 0 Å². The Morgan fingerprint density at radius 3 is 1.39 bits per heavy atom. The molecule has 0 aliphatic rings. The summed E-state index contributed by atoms with van der Waals surface area (Å²) in [6, 6.07) is 31.2. The Hall–Kier alpha value is -1.80. The molecular weight excluding hydrogens is 383 g/mol. The second kappa shape index (κ2) is 6.75. The van der Waals surface area contributed by atoms with Gasteiger partial charge in [0.25, 0.3) is 0 Å². The van der Waals surface area contributed by atoms with E-state index >= 15 is 0 Å². The molecule has 0 bridgehead atoms. The number of hydrogen-bond donors (Lipinski definition) is 0. The molecule has 0 N–H and O–H groups in total. The first-order chi connectivity index (χ1) is 11.4. The number of hydrogen-bond acceptors (Lipinski definition) is 0. The summed E-state index contributed by atoms with van der Waals surface area (Å²) >= 11 is -0.411. The van der Waals surface area contributed by atoms with E-state index < -0.39 is 21.1 Å². The van der Waals surface area contributed by atoms with Crippen molar-refractivity contribution in [2.45, 2.75) is 8.87 Å². The number of benzene rings is 4. The van der Waals surface area contributed by atoms with E-state index in [2.05, 4.69) is 84.9 Å². The second-order valence-electron chi connectivity index (χ2n) is 5.97. The fraction of sp³-hybridized carbons (Fsp3) is 0.0909. The Balaban J connectivity index is 1.45. The van der Waals surface area contributed by atoms with Gasteiger partial charge in [0.1, 0.15) is 0 Å². The molecule has 4 aromatic carbocycles. The van der Waals surface area contributed by atoms with E-state index in [0.29, 0.717) is 0 Å². The predicted molar refractivity (Wildman–Crippen MR) is 101 cm³/mol. The quantitative estimate of drug-likeness (QED) is 0.402. The molecule has 0 nitrogen and oxygen atoms in total. The van der Waals surface area contributed by atoms with Gasteiger partial charge in [-0.2, -0.15) is 0 Å². The molecule has 0 spiro atoms. The average Bonchev–Trinajstić information content (AvgIpc) is 2.61. The van der Waals surface area contributed by atoms with E-state index in [1.807, 2.05) is 0 Å². The summed E-state index contributed by atoms with van der Waals surface area (Å²) in [5.74, 6) is 0. The van der Waals surface area contributed by atoms with Crippen LogP contribution in [0.1, 0.15) is 11.1 Å². The van der Waals surface area contributed by atoms with E-state index in [4.69, 9.17) is 0 Å². The van der Waals surface area contributed by atoms with Gasteiger partial charge in [0.2, 0.25) is 0 Å². The Kier molecular flexibility index (Phi) is 4.34. The molecule has 1 heteroatoms. The third-order valence-electron chi connectivity index (χ3n) is 4.29. The molecule has 0 aliphatic heterocycles. The standard InChI is InChI=1S/2C11H9.Sn/c2*1-9-6-7-10-4-2-3-5-11(10)8-9;/h2*2-8H,1H2;. The third-order valence-corrected chi connectivity index (χ3v) is 8.04. The van der Waals surface area contributed by atoms with Crippen molar-refractivity contribution < 1.29 is 0 Å². The van der Waals surface area contributed by atoms with Crippen LogP contribution >= 0.6 is 0 Å². The van der Waals surface area contributed by atoms with Crippen molar-refractivity contribution in [3.63, 3.8) is 0 Å². The van der Waals surface area contributed by atoms with Crippen LogP contribution in [0.15, 0.2) is 84.9 Å². The maximum absolute atomic E-state index is 2.37. The summed E-state index contributed by atoms with van der Waals surface area (Å²) in [7, 11) is 0. The Labute approximate surface area is 147 Å². The first-order valence-corrected chi connectivity index (χ1v) is 12.1. The van der Waals surface area contributed by atoms with Crippen molar-refractivity contribution in [1.29, 1.82) is 0 Å². The van der Waals surface area contributed by atoms with E-state index in [9.17, 15) is 0 Å². The molecule has 0 unspecified atom stereocenters. The molecule has 0 amide bonds. The van der Waals surface area contributed by atoms with Crippen LogP contribution in [0.4, 0.5) is 0 Å². The van der Waals surface area contributed by atoms with Gasteiger partial charge in [-0.3, -0.25) is 0 Å². The summed E-state index contributed by atoms with van der Waals surface area (Å²) in [6.07, 6.45) is 0. The summed E-state index contributed by atoms with van der Waals surface area (Å²) in [6.45, 7) is 0. The SMILES string of the molecule is c1ccc2cc([CH2][Sn][CH2]c3ccc4ccccc4c3)ccc2c1. The fourth-order valence-electron chi connectivity index (χ4n) is 3.05. The van der Waals surface area contributed by atoms with Crippen LogP contribution in [0.3, 0.4) is 0 Å². The van der Waals surface area contributed by atoms with E-state index in [1.165, 1.54) is 41.5 Å². The minimum atomic E-state index is -0.411. The Morgan fingerprint density at radius 1 is 0.478 bits per heavy atom. The van der Waals surface area contributed by atoms with E-state index in [-0.39, 0.29) is 0 Å². The Morgan fingerprint density at radius 2 is 0.913 bits per heavy atom. The van der Waals surface area contributed by atoms with Crippen molar-refractivity contribution in [2.75, 3.05) is 0 Å². The molecule has 23 heavy (non-hydrogen) atoms. The molecule has 4 rings (SSSR count). The molecule has 4 aromatic rings. The molecule has 0 aliphatic carbocycles. The van der Waals surface area contributed by atoms with Gasteiger partial charge < -0.3 is 0 Å². The van der Waals surface area contributed by atoms with Gasteiger partial charge in [-0.15, -0.1) is 0 Å². The zero-order valence-corrected chi connectivity index (χ0v) is 15.9. The normalized spacial score (nSPS) is 11.1. The third kappa shape index (κ3) is 3.42. The fourth-order valence-corrected chi connectivity index (χ4v) is 6.31. The summed E-state index contributed by atoms with van der Waals surface area (Å²) < 4.78 is 2.61. The molecule has 0 aromatic heterocycles. The van der Waals surface area contributed by atoms with Crippen molar-refractivity contribution in [3.05, 3.63) is 96.1 Å². The summed E-state index contributed by atoms with van der Waals surface area (Å²) in [5, 5.41) is 5.43. The molecule has 2 radical (unpaired) electrons. The van der Waals surface area contributed by atoms with Crippen LogP contribution in [0.25, 0.3) is 21.5 Å². The number of fused-ring (bicyclic) bond motifs is 2. The predicted octanol–water partition coefficient (Wildman–Crippen LogP) is 5.40. The second-order valence-corrected chi connectivity index (χ2v) is 9.41. The molecule has 0 atom stereocenters. The van der Waals surface area contributed by atoms with Gasteiger partial charge in [-0.25, -0.2) is 0 Å². The van der Waals surface area contributed by atoms with Crippen LogP contribution in [-0.4, -0.2) is 21.1 Å². The molecular formula is C22H18Sn. The van der Waals surface area contributed by atoms with E-state index in [0.717, 1.165) is 0 Å².